The highest BCUT2D eigenvalue weighted by Crippen LogP contribution is 2.35. The van der Waals surface area contributed by atoms with Crippen LogP contribution in [0.1, 0.15) is 23.6 Å². The molecule has 0 atom stereocenters. The van der Waals surface area contributed by atoms with Crippen LogP contribution in [0.4, 0.5) is 0 Å². The molecule has 0 fully saturated rings. The number of hydrogen-bond donors (Lipinski definition) is 0. The third kappa shape index (κ3) is 8.40. The van der Waals surface area contributed by atoms with Crippen LogP contribution in [0.3, 0.4) is 0 Å². The monoisotopic (exact) mass is 543 g/mol. The molecule has 0 spiro atoms. The fourth-order valence-electron chi connectivity index (χ4n) is 3.24. The Hall–Kier alpha value is -2.80. The van der Waals surface area contributed by atoms with Crippen molar-refractivity contribution >= 4 is 42.8 Å². The minimum absolute atomic E-state index is 0.340. The van der Waals surface area contributed by atoms with Crippen LogP contribution < -0.4 is 9.47 Å². The molecule has 36 heavy (non-hydrogen) atoms. The molecule has 0 amide bonds. The molecule has 1 aromatic heterocycles. The number of aromatic nitrogens is 1. The quantitative estimate of drug-likeness (QED) is 0.146. The van der Waals surface area contributed by atoms with Crippen molar-refractivity contribution in [1.82, 2.24) is 4.98 Å². The molecule has 0 saturated carbocycles. The highest BCUT2D eigenvalue weighted by atomic mass is 35.5. The van der Waals surface area contributed by atoms with E-state index in [9.17, 15) is 4.79 Å². The van der Waals surface area contributed by atoms with Crippen LogP contribution in [0, 0.1) is 6.92 Å². The summed E-state index contributed by atoms with van der Waals surface area (Å²) in [5, 5.41) is 1.08. The predicted molar refractivity (Wildman–Crippen MR) is 149 cm³/mol. The van der Waals surface area contributed by atoms with Gasteiger partial charge in [-0.15, -0.1) is 0 Å². The Morgan fingerprint density at radius 2 is 1.81 bits per heavy atom. The number of hydrogen-bond acceptors (Lipinski definition) is 5. The lowest BCUT2D eigenvalue weighted by Gasteiger charge is -2.15. The van der Waals surface area contributed by atoms with Gasteiger partial charge in [-0.05, 0) is 60.9 Å². The first kappa shape index (κ1) is 27.8. The number of carbonyl (C=O) groups excluding carboxylic acids is 1. The molecule has 0 bridgehead atoms. The topological polar surface area (TPSA) is 57.7 Å². The van der Waals surface area contributed by atoms with E-state index in [0.29, 0.717) is 40.6 Å². The van der Waals surface area contributed by atoms with Crippen molar-refractivity contribution < 1.29 is 19.0 Å². The lowest BCUT2D eigenvalue weighted by atomic mass is 10.0. The highest BCUT2D eigenvalue weighted by molar-refractivity contribution is 6.76. The molecule has 0 aliphatic rings. The van der Waals surface area contributed by atoms with Crippen molar-refractivity contribution in [3.63, 3.8) is 0 Å². The normalized spacial score (nSPS) is 11.8. The number of benzene rings is 2. The van der Waals surface area contributed by atoms with Gasteiger partial charge >= 0.3 is 5.97 Å². The van der Waals surface area contributed by atoms with Gasteiger partial charge in [-0.25, -0.2) is 9.78 Å². The van der Waals surface area contributed by atoms with Crippen LogP contribution in [0.2, 0.25) is 35.7 Å². The fourth-order valence-corrected chi connectivity index (χ4v) is 4.45. The zero-order valence-corrected chi connectivity index (χ0v) is 23.7. The maximum Gasteiger partial charge on any atom is 0.331 e. The van der Waals surface area contributed by atoms with Crippen molar-refractivity contribution in [2.24, 2.45) is 0 Å². The first-order chi connectivity index (χ1) is 17.0. The Kier molecular flexibility index (Phi) is 9.60. The second-order valence-electron chi connectivity index (χ2n) is 9.72. The van der Waals surface area contributed by atoms with E-state index in [1.165, 1.54) is 6.08 Å². The van der Waals surface area contributed by atoms with Crippen molar-refractivity contribution in [2.75, 3.05) is 6.61 Å². The van der Waals surface area contributed by atoms with Gasteiger partial charge in [0.25, 0.3) is 0 Å². The van der Waals surface area contributed by atoms with Gasteiger partial charge in [-0.1, -0.05) is 61.0 Å². The number of aryl methyl sites for hydroxylation is 1. The molecular formula is C28H31Cl2NO4Si. The van der Waals surface area contributed by atoms with Crippen LogP contribution in [-0.2, 0) is 16.1 Å². The Balaban J connectivity index is 1.63. The summed E-state index contributed by atoms with van der Waals surface area (Å²) in [6.07, 6.45) is 3.09. The highest BCUT2D eigenvalue weighted by Gasteiger charge is 2.15. The predicted octanol–water partition coefficient (Wildman–Crippen LogP) is 8.35. The number of allylic oxidation sites excluding steroid dienone is 1. The molecule has 3 rings (SSSR count). The summed E-state index contributed by atoms with van der Waals surface area (Å²) in [6, 6.07) is 15.6. The number of pyridine rings is 1. The van der Waals surface area contributed by atoms with Gasteiger partial charge in [0.1, 0.15) is 12.4 Å². The third-order valence-electron chi connectivity index (χ3n) is 5.38. The zero-order valence-electron chi connectivity index (χ0n) is 21.2. The number of halogens is 2. The molecule has 0 N–H and O–H groups in total. The van der Waals surface area contributed by atoms with Gasteiger partial charge in [-0.3, -0.25) is 0 Å². The SMILES string of the molecule is CC(=CC(=O)OCC[Si](C)(C)C)c1cc(C)c(Oc2ccc(OCc3ccccc3Cl)cn2)c(Cl)c1. The van der Waals surface area contributed by atoms with E-state index in [4.69, 9.17) is 37.4 Å². The van der Waals surface area contributed by atoms with Gasteiger partial charge in [0, 0.05) is 30.8 Å². The van der Waals surface area contributed by atoms with Crippen LogP contribution in [-0.4, -0.2) is 25.6 Å². The summed E-state index contributed by atoms with van der Waals surface area (Å²) in [5.74, 6) is 1.14. The molecule has 5 nitrogen and oxygen atoms in total. The maximum atomic E-state index is 12.2. The van der Waals surface area contributed by atoms with Crippen molar-refractivity contribution in [3.05, 3.63) is 87.5 Å². The van der Waals surface area contributed by atoms with Gasteiger partial charge in [0.2, 0.25) is 5.88 Å². The molecule has 3 aromatic rings. The summed E-state index contributed by atoms with van der Waals surface area (Å²) >= 11 is 12.7. The van der Waals surface area contributed by atoms with Gasteiger partial charge in [-0.2, -0.15) is 0 Å². The molecule has 0 aliphatic carbocycles. The second-order valence-corrected chi connectivity index (χ2v) is 16.2. The zero-order chi connectivity index (χ0) is 26.3. The van der Waals surface area contributed by atoms with Crippen LogP contribution in [0.25, 0.3) is 5.57 Å². The van der Waals surface area contributed by atoms with E-state index in [1.807, 2.05) is 44.2 Å². The standard InChI is InChI=1S/C28H31Cl2NO4Si/c1-19(15-27(32)33-12-13-36(3,4)5)22-14-20(2)28(25(30)16-22)35-26-11-10-23(17-31-26)34-18-21-8-6-7-9-24(21)29/h6-11,14-17H,12-13,18H2,1-5H3. The smallest absolute Gasteiger partial charge is 0.331 e. The van der Waals surface area contributed by atoms with Crippen molar-refractivity contribution in [1.29, 1.82) is 0 Å². The second kappa shape index (κ2) is 12.4. The molecule has 2 aromatic carbocycles. The number of rotatable bonds is 10. The third-order valence-corrected chi connectivity index (χ3v) is 7.74. The summed E-state index contributed by atoms with van der Waals surface area (Å²) in [4.78, 5) is 16.5. The molecule has 0 radical (unpaired) electrons. The maximum absolute atomic E-state index is 12.2. The number of carbonyl (C=O) groups is 1. The molecule has 190 valence electrons. The van der Waals surface area contributed by atoms with Crippen LogP contribution >= 0.6 is 23.2 Å². The van der Waals surface area contributed by atoms with Crippen molar-refractivity contribution in [2.45, 2.75) is 46.1 Å². The molecule has 1 heterocycles. The van der Waals surface area contributed by atoms with E-state index in [0.717, 1.165) is 28.3 Å². The lowest BCUT2D eigenvalue weighted by molar-refractivity contribution is -0.137. The van der Waals surface area contributed by atoms with Gasteiger partial charge in [0.05, 0.1) is 17.8 Å². The van der Waals surface area contributed by atoms with Crippen LogP contribution in [0.15, 0.2) is 60.8 Å². The Labute approximate surface area is 224 Å². The molecule has 8 heteroatoms. The lowest BCUT2D eigenvalue weighted by Crippen LogP contribution is -2.22. The van der Waals surface area contributed by atoms with Crippen LogP contribution in [0.5, 0.6) is 17.4 Å². The van der Waals surface area contributed by atoms with Gasteiger partial charge in [0.15, 0.2) is 5.75 Å². The average Bonchev–Trinajstić information content (AvgIpc) is 2.80. The number of ether oxygens (including phenoxy) is 3. The summed E-state index contributed by atoms with van der Waals surface area (Å²) < 4.78 is 17.1. The summed E-state index contributed by atoms with van der Waals surface area (Å²) in [7, 11) is -1.25. The summed E-state index contributed by atoms with van der Waals surface area (Å²) in [6.45, 7) is 11.3. The summed E-state index contributed by atoms with van der Waals surface area (Å²) in [5.41, 5.74) is 3.30. The minimum Gasteiger partial charge on any atom is -0.487 e. The minimum atomic E-state index is -1.25. The molecule has 0 saturated heterocycles. The Morgan fingerprint density at radius 3 is 2.44 bits per heavy atom. The first-order valence-electron chi connectivity index (χ1n) is 11.7. The molecule has 0 aliphatic heterocycles. The van der Waals surface area contributed by atoms with Crippen molar-refractivity contribution in [3.8, 4) is 17.4 Å². The van der Waals surface area contributed by atoms with E-state index >= 15 is 0 Å². The Bertz CT molecular complexity index is 1210. The van der Waals surface area contributed by atoms with E-state index in [1.54, 1.807) is 24.4 Å². The largest absolute Gasteiger partial charge is 0.487 e. The molecular weight excluding hydrogens is 513 g/mol. The number of esters is 1. The Morgan fingerprint density at radius 1 is 1.06 bits per heavy atom. The molecule has 0 unspecified atom stereocenters. The first-order valence-corrected chi connectivity index (χ1v) is 16.1. The van der Waals surface area contributed by atoms with E-state index in [-0.39, 0.29) is 5.97 Å². The fraction of sp³-hybridized carbons (Fsp3) is 0.286. The number of nitrogens with zero attached hydrogens (tertiary/aromatic N) is 1. The van der Waals surface area contributed by atoms with E-state index < -0.39 is 8.07 Å². The average molecular weight is 545 g/mol. The van der Waals surface area contributed by atoms with Gasteiger partial charge < -0.3 is 14.2 Å². The van der Waals surface area contributed by atoms with E-state index in [2.05, 4.69) is 24.6 Å².